The molecule has 160 valence electrons. The first-order chi connectivity index (χ1) is 13.2. The predicted octanol–water partition coefficient (Wildman–Crippen LogP) is 3.18. The highest BCUT2D eigenvalue weighted by molar-refractivity contribution is 14.0. The van der Waals surface area contributed by atoms with Crippen LogP contribution in [-0.2, 0) is 11.3 Å². The van der Waals surface area contributed by atoms with Crippen molar-refractivity contribution in [3.05, 3.63) is 29.3 Å². The number of benzene rings is 1. The third kappa shape index (κ3) is 8.53. The van der Waals surface area contributed by atoms with Gasteiger partial charge >= 0.3 is 0 Å². The Hall–Kier alpha value is -1.06. The summed E-state index contributed by atoms with van der Waals surface area (Å²) in [5, 5.41) is 6.80. The zero-order valence-electron chi connectivity index (χ0n) is 17.8. The molecule has 1 heterocycles. The van der Waals surface area contributed by atoms with Crippen molar-refractivity contribution >= 4 is 29.9 Å². The third-order valence-corrected chi connectivity index (χ3v) is 4.91. The smallest absolute Gasteiger partial charge is 0.191 e. The monoisotopic (exact) mass is 504 g/mol. The molecule has 0 bridgehead atoms. The van der Waals surface area contributed by atoms with Crippen LogP contribution in [0.1, 0.15) is 37.8 Å². The van der Waals surface area contributed by atoms with E-state index in [0.717, 1.165) is 62.9 Å². The molecule has 1 aromatic carbocycles. The zero-order chi connectivity index (χ0) is 19.5. The van der Waals surface area contributed by atoms with Gasteiger partial charge in [0.1, 0.15) is 11.9 Å². The van der Waals surface area contributed by atoms with E-state index in [0.29, 0.717) is 13.2 Å². The van der Waals surface area contributed by atoms with Crippen molar-refractivity contribution in [1.29, 1.82) is 0 Å². The van der Waals surface area contributed by atoms with Crippen LogP contribution in [0.3, 0.4) is 0 Å². The minimum atomic E-state index is 0. The molecule has 0 amide bonds. The average molecular weight is 504 g/mol. The summed E-state index contributed by atoms with van der Waals surface area (Å²) in [7, 11) is 1.81. The topological polar surface area (TPSA) is 58.1 Å². The van der Waals surface area contributed by atoms with E-state index in [4.69, 9.17) is 9.47 Å². The van der Waals surface area contributed by atoms with Crippen LogP contribution in [0.25, 0.3) is 0 Å². The number of nitrogens with zero attached hydrogens (tertiary/aromatic N) is 2. The lowest BCUT2D eigenvalue weighted by Gasteiger charge is -2.19. The Morgan fingerprint density at radius 1 is 1.29 bits per heavy atom. The summed E-state index contributed by atoms with van der Waals surface area (Å²) in [6.07, 6.45) is 2.21. The van der Waals surface area contributed by atoms with Gasteiger partial charge in [-0.1, -0.05) is 26.0 Å². The normalized spacial score (nSPS) is 16.8. The summed E-state index contributed by atoms with van der Waals surface area (Å²) in [6.45, 7) is 12.9. The largest absolute Gasteiger partial charge is 0.488 e. The van der Waals surface area contributed by atoms with Crippen molar-refractivity contribution in [2.45, 2.75) is 46.3 Å². The van der Waals surface area contributed by atoms with Gasteiger partial charge in [0, 0.05) is 32.1 Å². The molecule has 1 fully saturated rings. The van der Waals surface area contributed by atoms with E-state index in [1.807, 2.05) is 7.05 Å². The minimum Gasteiger partial charge on any atom is -0.488 e. The van der Waals surface area contributed by atoms with Crippen LogP contribution in [0.2, 0.25) is 0 Å². The molecule has 1 atom stereocenters. The number of aliphatic imine (C=N–C) groups is 1. The molecule has 0 radical (unpaired) electrons. The lowest BCUT2D eigenvalue weighted by atomic mass is 10.1. The molecule has 1 unspecified atom stereocenters. The number of aryl methyl sites for hydroxylation is 1. The second kappa shape index (κ2) is 14.0. The van der Waals surface area contributed by atoms with Gasteiger partial charge in [-0.3, -0.25) is 4.99 Å². The van der Waals surface area contributed by atoms with Crippen LogP contribution in [0.4, 0.5) is 0 Å². The van der Waals surface area contributed by atoms with Gasteiger partial charge in [-0.25, -0.2) is 0 Å². The summed E-state index contributed by atoms with van der Waals surface area (Å²) in [6, 6.07) is 6.35. The van der Waals surface area contributed by atoms with Crippen LogP contribution in [0.15, 0.2) is 23.2 Å². The predicted molar refractivity (Wildman–Crippen MR) is 127 cm³/mol. The second-order valence-electron chi connectivity index (χ2n) is 6.95. The highest BCUT2D eigenvalue weighted by atomic mass is 127. The van der Waals surface area contributed by atoms with Crippen LogP contribution in [0, 0.1) is 6.92 Å². The van der Waals surface area contributed by atoms with Gasteiger partial charge in [-0.15, -0.1) is 24.0 Å². The lowest BCUT2D eigenvalue weighted by Crippen LogP contribution is -2.38. The fraction of sp³-hybridized carbons (Fsp3) is 0.667. The molecule has 7 heteroatoms. The zero-order valence-corrected chi connectivity index (χ0v) is 20.1. The SMILES string of the molecule is CCN(CC)CCCNC(=NC)NCc1ccc(C)cc1OC1CCOC1.I. The fourth-order valence-electron chi connectivity index (χ4n) is 3.15. The lowest BCUT2D eigenvalue weighted by molar-refractivity contribution is 0.140. The van der Waals surface area contributed by atoms with Gasteiger partial charge in [0.15, 0.2) is 5.96 Å². The number of halogens is 1. The van der Waals surface area contributed by atoms with E-state index in [1.165, 1.54) is 5.56 Å². The number of guanidine groups is 1. The van der Waals surface area contributed by atoms with Gasteiger partial charge in [0.25, 0.3) is 0 Å². The van der Waals surface area contributed by atoms with Crippen molar-refractivity contribution in [3.63, 3.8) is 0 Å². The molecule has 2 rings (SSSR count). The number of ether oxygens (including phenoxy) is 2. The van der Waals surface area contributed by atoms with Crippen LogP contribution < -0.4 is 15.4 Å². The summed E-state index contributed by atoms with van der Waals surface area (Å²) >= 11 is 0. The number of hydrogen-bond donors (Lipinski definition) is 2. The van der Waals surface area contributed by atoms with E-state index in [2.05, 4.69) is 59.5 Å². The maximum absolute atomic E-state index is 6.17. The van der Waals surface area contributed by atoms with Gasteiger partial charge in [0.2, 0.25) is 0 Å². The molecule has 0 spiro atoms. The summed E-state index contributed by atoms with van der Waals surface area (Å²) in [5.41, 5.74) is 2.34. The number of rotatable bonds is 10. The van der Waals surface area contributed by atoms with Crippen molar-refractivity contribution in [2.75, 3.05) is 46.4 Å². The van der Waals surface area contributed by atoms with E-state index in [9.17, 15) is 0 Å². The van der Waals surface area contributed by atoms with E-state index in [1.54, 1.807) is 0 Å². The summed E-state index contributed by atoms with van der Waals surface area (Å²) in [5.74, 6) is 1.76. The molecule has 1 aromatic rings. The molecular weight excluding hydrogens is 467 g/mol. The Bertz CT molecular complexity index is 588. The first-order valence-corrected chi connectivity index (χ1v) is 10.2. The summed E-state index contributed by atoms with van der Waals surface area (Å²) < 4.78 is 11.6. The van der Waals surface area contributed by atoms with E-state index >= 15 is 0 Å². The number of hydrogen-bond acceptors (Lipinski definition) is 4. The van der Waals surface area contributed by atoms with Crippen molar-refractivity contribution in [2.24, 2.45) is 4.99 Å². The van der Waals surface area contributed by atoms with E-state index in [-0.39, 0.29) is 30.1 Å². The Morgan fingerprint density at radius 3 is 2.71 bits per heavy atom. The second-order valence-corrected chi connectivity index (χ2v) is 6.95. The molecule has 0 aromatic heterocycles. The van der Waals surface area contributed by atoms with Gasteiger partial charge < -0.3 is 25.0 Å². The maximum atomic E-state index is 6.17. The minimum absolute atomic E-state index is 0. The first-order valence-electron chi connectivity index (χ1n) is 10.2. The fourth-order valence-corrected chi connectivity index (χ4v) is 3.15. The van der Waals surface area contributed by atoms with Crippen LogP contribution in [0.5, 0.6) is 5.75 Å². The standard InChI is InChI=1S/C21H36N4O2.HI/c1-5-25(6-2)12-7-11-23-21(22-4)24-15-18-9-8-17(3)14-20(18)27-19-10-13-26-16-19;/h8-9,14,19H,5-7,10-13,15-16H2,1-4H3,(H2,22,23,24);1H. The molecule has 1 saturated heterocycles. The van der Waals surface area contributed by atoms with Gasteiger partial charge in [-0.05, 0) is 44.6 Å². The Balaban J connectivity index is 0.00000392. The number of nitrogens with one attached hydrogen (secondary N) is 2. The highest BCUT2D eigenvalue weighted by Gasteiger charge is 2.18. The summed E-state index contributed by atoms with van der Waals surface area (Å²) in [4.78, 5) is 6.76. The Kier molecular flexibility index (Phi) is 12.5. The van der Waals surface area contributed by atoms with Crippen molar-refractivity contribution in [1.82, 2.24) is 15.5 Å². The Morgan fingerprint density at radius 2 is 2.07 bits per heavy atom. The van der Waals surface area contributed by atoms with Gasteiger partial charge in [0.05, 0.1) is 13.2 Å². The first kappa shape index (κ1) is 25.0. The quantitative estimate of drug-likeness (QED) is 0.222. The highest BCUT2D eigenvalue weighted by Crippen LogP contribution is 2.23. The third-order valence-electron chi connectivity index (χ3n) is 4.91. The molecular formula is C21H37IN4O2. The van der Waals surface area contributed by atoms with Crippen molar-refractivity contribution < 1.29 is 9.47 Å². The molecule has 28 heavy (non-hydrogen) atoms. The van der Waals surface area contributed by atoms with Crippen LogP contribution in [-0.4, -0.2) is 63.4 Å². The average Bonchev–Trinajstić information content (AvgIpc) is 3.18. The molecule has 1 aliphatic heterocycles. The maximum Gasteiger partial charge on any atom is 0.191 e. The van der Waals surface area contributed by atoms with E-state index < -0.39 is 0 Å². The van der Waals surface area contributed by atoms with Crippen LogP contribution >= 0.6 is 24.0 Å². The molecule has 1 aliphatic rings. The van der Waals surface area contributed by atoms with Gasteiger partial charge in [-0.2, -0.15) is 0 Å². The molecule has 0 aliphatic carbocycles. The molecule has 6 nitrogen and oxygen atoms in total. The molecule has 0 saturated carbocycles. The molecule has 2 N–H and O–H groups in total. The van der Waals surface area contributed by atoms with Crippen molar-refractivity contribution in [3.8, 4) is 5.75 Å². The Labute approximate surface area is 187 Å².